The molecule has 198 valence electrons. The molecular formula is C27H30N6O5. The standard InChI is InChI=1S/C27H30N6O5/c1-32-11-9-17(10-12-32)29-25(34)16-7-8-18(21(14-16)36-3)30-27-28-15-19-23(31-27)22(20-6-5-13-38-20)24(37-4)26(35)33(19)2/h5-8,13-15,17H,9-12H2,1-4H3,(H,29,34)(H,28,30,31). The molecule has 1 amide bonds. The van der Waals surface area contributed by atoms with Crippen LogP contribution in [-0.4, -0.2) is 65.7 Å². The van der Waals surface area contributed by atoms with Crippen LogP contribution < -0.4 is 25.7 Å². The number of ether oxygens (including phenoxy) is 2. The maximum atomic E-state index is 12.9. The van der Waals surface area contributed by atoms with Crippen LogP contribution in [0.3, 0.4) is 0 Å². The molecule has 4 heterocycles. The maximum absolute atomic E-state index is 12.9. The number of hydrogen-bond donors (Lipinski definition) is 2. The number of pyridine rings is 1. The molecule has 2 N–H and O–H groups in total. The molecule has 5 rings (SSSR count). The van der Waals surface area contributed by atoms with Crippen molar-refractivity contribution in [1.29, 1.82) is 0 Å². The Kier molecular flexibility index (Phi) is 7.01. The van der Waals surface area contributed by atoms with E-state index < -0.39 is 0 Å². The van der Waals surface area contributed by atoms with E-state index in [2.05, 4.69) is 27.6 Å². The van der Waals surface area contributed by atoms with Crippen LogP contribution in [0.2, 0.25) is 0 Å². The molecule has 0 atom stereocenters. The first-order valence-corrected chi connectivity index (χ1v) is 12.3. The van der Waals surface area contributed by atoms with E-state index in [1.165, 1.54) is 25.0 Å². The zero-order valence-corrected chi connectivity index (χ0v) is 21.8. The van der Waals surface area contributed by atoms with E-state index in [1.807, 2.05) is 0 Å². The summed E-state index contributed by atoms with van der Waals surface area (Å²) in [6.07, 6.45) is 4.94. The zero-order chi connectivity index (χ0) is 26.8. The Balaban J connectivity index is 1.46. The molecule has 0 bridgehead atoms. The summed E-state index contributed by atoms with van der Waals surface area (Å²) in [5, 5.41) is 6.29. The fourth-order valence-electron chi connectivity index (χ4n) is 4.66. The maximum Gasteiger partial charge on any atom is 0.294 e. The normalized spacial score (nSPS) is 14.4. The van der Waals surface area contributed by atoms with Gasteiger partial charge >= 0.3 is 0 Å². The number of aryl methyl sites for hydroxylation is 1. The topological polar surface area (TPSA) is 124 Å². The number of benzene rings is 1. The lowest BCUT2D eigenvalue weighted by atomic mass is 10.0. The molecule has 0 radical (unpaired) electrons. The predicted molar refractivity (Wildman–Crippen MR) is 143 cm³/mol. The number of carbonyl (C=O) groups excluding carboxylic acids is 1. The predicted octanol–water partition coefficient (Wildman–Crippen LogP) is 3.17. The minimum Gasteiger partial charge on any atom is -0.495 e. The van der Waals surface area contributed by atoms with Gasteiger partial charge in [-0.2, -0.15) is 0 Å². The third-order valence-corrected chi connectivity index (χ3v) is 6.83. The van der Waals surface area contributed by atoms with Crippen molar-refractivity contribution in [2.24, 2.45) is 7.05 Å². The van der Waals surface area contributed by atoms with Gasteiger partial charge in [-0.25, -0.2) is 9.97 Å². The van der Waals surface area contributed by atoms with Gasteiger partial charge in [0.05, 0.1) is 43.4 Å². The smallest absolute Gasteiger partial charge is 0.294 e. The van der Waals surface area contributed by atoms with Gasteiger partial charge in [-0.15, -0.1) is 0 Å². The van der Waals surface area contributed by atoms with Crippen LogP contribution in [0.5, 0.6) is 11.5 Å². The summed E-state index contributed by atoms with van der Waals surface area (Å²) in [5.41, 5.74) is 2.19. The second-order valence-corrected chi connectivity index (χ2v) is 9.27. The molecule has 11 heteroatoms. The van der Waals surface area contributed by atoms with E-state index in [0.29, 0.717) is 39.4 Å². The Bertz CT molecular complexity index is 1520. The van der Waals surface area contributed by atoms with Gasteiger partial charge in [-0.3, -0.25) is 9.59 Å². The summed E-state index contributed by atoms with van der Waals surface area (Å²) in [7, 11) is 6.69. The summed E-state index contributed by atoms with van der Waals surface area (Å²) >= 11 is 0. The molecule has 3 aromatic heterocycles. The van der Waals surface area contributed by atoms with Crippen molar-refractivity contribution in [2.75, 3.05) is 39.7 Å². The molecule has 38 heavy (non-hydrogen) atoms. The van der Waals surface area contributed by atoms with Gasteiger partial charge in [-0.05, 0) is 63.3 Å². The van der Waals surface area contributed by atoms with Crippen LogP contribution in [0, 0.1) is 0 Å². The molecule has 1 aliphatic rings. The Morgan fingerprint density at radius 2 is 1.92 bits per heavy atom. The van der Waals surface area contributed by atoms with Crippen molar-refractivity contribution >= 4 is 28.6 Å². The van der Waals surface area contributed by atoms with Gasteiger partial charge in [0.25, 0.3) is 11.5 Å². The summed E-state index contributed by atoms with van der Waals surface area (Å²) in [4.78, 5) is 37.1. The molecule has 0 aliphatic carbocycles. The van der Waals surface area contributed by atoms with E-state index in [1.54, 1.807) is 43.6 Å². The third-order valence-electron chi connectivity index (χ3n) is 6.83. The van der Waals surface area contributed by atoms with Crippen LogP contribution >= 0.6 is 0 Å². The highest BCUT2D eigenvalue weighted by Crippen LogP contribution is 2.35. The molecule has 1 saturated heterocycles. The number of amides is 1. The van der Waals surface area contributed by atoms with E-state index >= 15 is 0 Å². The van der Waals surface area contributed by atoms with Gasteiger partial charge in [0, 0.05) is 18.7 Å². The van der Waals surface area contributed by atoms with Crippen LogP contribution in [0.25, 0.3) is 22.4 Å². The van der Waals surface area contributed by atoms with E-state index in [9.17, 15) is 9.59 Å². The number of nitrogens with zero attached hydrogens (tertiary/aromatic N) is 4. The highest BCUT2D eigenvalue weighted by molar-refractivity contribution is 5.96. The quantitative estimate of drug-likeness (QED) is 0.380. The number of nitrogens with one attached hydrogen (secondary N) is 2. The third kappa shape index (κ3) is 4.80. The van der Waals surface area contributed by atoms with Crippen molar-refractivity contribution in [1.82, 2.24) is 24.8 Å². The van der Waals surface area contributed by atoms with Crippen LogP contribution in [0.15, 0.2) is 52.0 Å². The minimum atomic E-state index is -0.327. The fraction of sp³-hybridized carbons (Fsp3) is 0.333. The first kappa shape index (κ1) is 25.3. The van der Waals surface area contributed by atoms with Gasteiger partial charge in [0.2, 0.25) is 5.95 Å². The number of likely N-dealkylation sites (tertiary alicyclic amines) is 1. The van der Waals surface area contributed by atoms with Gasteiger partial charge in [-0.1, -0.05) is 0 Å². The lowest BCUT2D eigenvalue weighted by Gasteiger charge is -2.29. The zero-order valence-electron chi connectivity index (χ0n) is 21.8. The number of hydrogen-bond acceptors (Lipinski definition) is 9. The van der Waals surface area contributed by atoms with Crippen LogP contribution in [0.4, 0.5) is 11.6 Å². The molecule has 1 aliphatic heterocycles. The van der Waals surface area contributed by atoms with E-state index in [4.69, 9.17) is 18.9 Å². The van der Waals surface area contributed by atoms with E-state index in [-0.39, 0.29) is 29.2 Å². The largest absolute Gasteiger partial charge is 0.495 e. The van der Waals surface area contributed by atoms with E-state index in [0.717, 1.165) is 25.9 Å². The lowest BCUT2D eigenvalue weighted by Crippen LogP contribution is -2.43. The molecule has 0 unspecified atom stereocenters. The number of rotatable bonds is 7. The number of methoxy groups -OCH3 is 2. The Labute approximate surface area is 219 Å². The SMILES string of the molecule is COc1cc(C(=O)NC2CCN(C)CC2)ccc1Nc1ncc2c(n1)c(-c1ccco1)c(OC)c(=O)n2C. The second kappa shape index (κ2) is 10.5. The average Bonchev–Trinajstić information content (AvgIpc) is 3.46. The Morgan fingerprint density at radius 1 is 1.13 bits per heavy atom. The Morgan fingerprint density at radius 3 is 2.61 bits per heavy atom. The summed E-state index contributed by atoms with van der Waals surface area (Å²) in [6, 6.07) is 8.80. The number of piperidine rings is 1. The molecule has 1 aromatic carbocycles. The summed E-state index contributed by atoms with van der Waals surface area (Å²) < 4.78 is 18.0. The summed E-state index contributed by atoms with van der Waals surface area (Å²) in [5.74, 6) is 1.17. The first-order valence-electron chi connectivity index (χ1n) is 12.3. The van der Waals surface area contributed by atoms with Crippen molar-refractivity contribution in [3.63, 3.8) is 0 Å². The van der Waals surface area contributed by atoms with Crippen molar-refractivity contribution < 1.29 is 18.7 Å². The molecule has 0 spiro atoms. The highest BCUT2D eigenvalue weighted by Gasteiger charge is 2.23. The van der Waals surface area contributed by atoms with Gasteiger partial charge in [0.1, 0.15) is 17.0 Å². The summed E-state index contributed by atoms with van der Waals surface area (Å²) in [6.45, 7) is 1.93. The second-order valence-electron chi connectivity index (χ2n) is 9.27. The van der Waals surface area contributed by atoms with Crippen LogP contribution in [-0.2, 0) is 7.05 Å². The number of fused-ring (bicyclic) bond motifs is 1. The molecule has 4 aromatic rings. The lowest BCUT2D eigenvalue weighted by molar-refractivity contribution is 0.0916. The number of carbonyl (C=O) groups is 1. The number of anilines is 2. The monoisotopic (exact) mass is 518 g/mol. The molecule has 11 nitrogen and oxygen atoms in total. The first-order chi connectivity index (χ1) is 18.4. The molecular weight excluding hydrogens is 488 g/mol. The van der Waals surface area contributed by atoms with Crippen LogP contribution in [0.1, 0.15) is 23.2 Å². The minimum absolute atomic E-state index is 0.122. The van der Waals surface area contributed by atoms with Gasteiger partial charge in [0.15, 0.2) is 5.75 Å². The molecule has 1 fully saturated rings. The van der Waals surface area contributed by atoms with Crippen molar-refractivity contribution in [2.45, 2.75) is 18.9 Å². The van der Waals surface area contributed by atoms with Crippen molar-refractivity contribution in [3.8, 4) is 22.8 Å². The average molecular weight is 519 g/mol. The van der Waals surface area contributed by atoms with Crippen molar-refractivity contribution in [3.05, 3.63) is 58.7 Å². The van der Waals surface area contributed by atoms with Gasteiger partial charge < -0.3 is 34.0 Å². The number of aromatic nitrogens is 3. The fourth-order valence-corrected chi connectivity index (χ4v) is 4.66. The highest BCUT2D eigenvalue weighted by atomic mass is 16.5. The number of furan rings is 1. The Hall–Kier alpha value is -4.38. The molecule has 0 saturated carbocycles.